The van der Waals surface area contributed by atoms with Crippen molar-refractivity contribution < 1.29 is 13.9 Å². The molecule has 0 radical (unpaired) electrons. The maximum absolute atomic E-state index is 13.3. The minimum absolute atomic E-state index is 0.281. The van der Waals surface area contributed by atoms with Gasteiger partial charge in [-0.25, -0.2) is 9.18 Å². The van der Waals surface area contributed by atoms with Gasteiger partial charge >= 0.3 is 5.97 Å². The van der Waals surface area contributed by atoms with E-state index >= 15 is 0 Å². The number of hydrogen-bond donors (Lipinski definition) is 0. The molecular weight excluding hydrogens is 323 g/mol. The molecule has 2 nitrogen and oxygen atoms in total. The molecule has 0 aliphatic heterocycles. The smallest absolute Gasteiger partial charge is 0.343 e. The molecule has 3 aromatic carbocycles. The minimum atomic E-state index is -0.524. The first-order valence-electron chi connectivity index (χ1n) is 7.43. The van der Waals surface area contributed by atoms with E-state index in [2.05, 4.69) is 0 Å². The summed E-state index contributed by atoms with van der Waals surface area (Å²) < 4.78 is 18.3. The van der Waals surface area contributed by atoms with Gasteiger partial charge in [0.1, 0.15) is 22.3 Å². The van der Waals surface area contributed by atoms with Gasteiger partial charge in [0.05, 0.1) is 7.11 Å². The third-order valence-electron chi connectivity index (χ3n) is 3.54. The summed E-state index contributed by atoms with van der Waals surface area (Å²) in [4.78, 5) is 15.0. The number of benzene rings is 3. The average molecular weight is 339 g/mol. The molecule has 4 heteroatoms. The van der Waals surface area contributed by atoms with E-state index in [1.807, 2.05) is 48.5 Å². The Morgan fingerprint density at radius 1 is 0.833 bits per heavy atom. The summed E-state index contributed by atoms with van der Waals surface area (Å²) in [6, 6.07) is 23.7. The van der Waals surface area contributed by atoms with Crippen LogP contribution < -0.4 is 0 Å². The Morgan fingerprint density at radius 2 is 1.42 bits per heavy atom. The first kappa shape index (κ1) is 16.3. The zero-order chi connectivity index (χ0) is 16.9. The lowest BCUT2D eigenvalue weighted by Gasteiger charge is -2.11. The topological polar surface area (TPSA) is 26.3 Å². The maximum Gasteiger partial charge on any atom is 0.343 e. The van der Waals surface area contributed by atoms with Crippen LogP contribution in [0.4, 0.5) is 4.39 Å². The highest BCUT2D eigenvalue weighted by Gasteiger charge is 2.33. The number of halogens is 1. The van der Waals surface area contributed by atoms with Crippen molar-refractivity contribution in [3.8, 4) is 0 Å². The summed E-state index contributed by atoms with van der Waals surface area (Å²) in [5.74, 6) is -0.655. The van der Waals surface area contributed by atoms with Gasteiger partial charge in [0, 0.05) is 0 Å². The van der Waals surface area contributed by atoms with Crippen LogP contribution in [0.1, 0.15) is 10.4 Å². The van der Waals surface area contributed by atoms with Crippen molar-refractivity contribution in [2.75, 3.05) is 7.11 Å². The van der Waals surface area contributed by atoms with E-state index < -0.39 is 10.9 Å². The predicted molar refractivity (Wildman–Crippen MR) is 92.8 cm³/mol. The Morgan fingerprint density at radius 3 is 2.08 bits per heavy atom. The zero-order valence-electron chi connectivity index (χ0n) is 13.1. The molecule has 0 spiro atoms. The first-order valence-corrected chi connectivity index (χ1v) is 8.65. The number of esters is 1. The van der Waals surface area contributed by atoms with Gasteiger partial charge in [-0.2, -0.15) is 0 Å². The quantitative estimate of drug-likeness (QED) is 0.508. The Labute approximate surface area is 143 Å². The lowest BCUT2D eigenvalue weighted by molar-refractivity contribution is 0.0596. The third-order valence-corrected chi connectivity index (χ3v) is 5.82. The minimum Gasteiger partial charge on any atom is -0.465 e. The molecule has 0 saturated carbocycles. The molecule has 0 fully saturated rings. The normalized spacial score (nSPS) is 11.8. The van der Waals surface area contributed by atoms with Gasteiger partial charge in [-0.15, -0.1) is 0 Å². The summed E-state index contributed by atoms with van der Waals surface area (Å²) in [6.45, 7) is 0. The highest BCUT2D eigenvalue weighted by molar-refractivity contribution is 7.97. The number of rotatable bonds is 4. The van der Waals surface area contributed by atoms with Crippen molar-refractivity contribution in [2.24, 2.45) is 0 Å². The monoisotopic (exact) mass is 339 g/mol. The van der Waals surface area contributed by atoms with Crippen LogP contribution >= 0.6 is 0 Å². The third kappa shape index (κ3) is 3.34. The van der Waals surface area contributed by atoms with E-state index in [9.17, 15) is 9.18 Å². The molecule has 0 aromatic heterocycles. The van der Waals surface area contributed by atoms with Gasteiger partial charge in [0.15, 0.2) is 14.7 Å². The molecule has 0 aliphatic carbocycles. The molecule has 1 atom stereocenters. The molecule has 3 rings (SSSR count). The van der Waals surface area contributed by atoms with Gasteiger partial charge in [0.2, 0.25) is 0 Å². The molecule has 24 heavy (non-hydrogen) atoms. The van der Waals surface area contributed by atoms with Crippen molar-refractivity contribution in [1.82, 2.24) is 0 Å². The van der Waals surface area contributed by atoms with Gasteiger partial charge in [0.25, 0.3) is 0 Å². The Balaban J connectivity index is 2.20. The average Bonchev–Trinajstić information content (AvgIpc) is 2.64. The van der Waals surface area contributed by atoms with E-state index in [4.69, 9.17) is 4.74 Å². The van der Waals surface area contributed by atoms with Crippen molar-refractivity contribution in [3.05, 3.63) is 90.2 Å². The van der Waals surface area contributed by atoms with E-state index in [0.29, 0.717) is 5.56 Å². The number of ether oxygens (including phenoxy) is 1. The highest BCUT2D eigenvalue weighted by atomic mass is 32.2. The van der Waals surface area contributed by atoms with Crippen molar-refractivity contribution in [2.45, 2.75) is 14.7 Å². The van der Waals surface area contributed by atoms with E-state index in [0.717, 1.165) is 14.7 Å². The van der Waals surface area contributed by atoms with Gasteiger partial charge in [-0.05, 0) is 48.5 Å². The van der Waals surface area contributed by atoms with Crippen LogP contribution in [0.15, 0.2) is 93.5 Å². The van der Waals surface area contributed by atoms with Crippen LogP contribution in [0, 0.1) is 5.82 Å². The van der Waals surface area contributed by atoms with Crippen molar-refractivity contribution >= 4 is 16.9 Å². The molecule has 0 amide bonds. The molecule has 3 aromatic rings. The molecule has 0 bridgehead atoms. The Kier molecular flexibility index (Phi) is 4.96. The van der Waals surface area contributed by atoms with E-state index in [1.54, 1.807) is 18.2 Å². The summed E-state index contributed by atoms with van der Waals surface area (Å²) in [7, 11) is 0.849. The Hall–Kier alpha value is -2.59. The van der Waals surface area contributed by atoms with Crippen molar-refractivity contribution in [1.29, 1.82) is 0 Å². The molecule has 0 N–H and O–H groups in total. The van der Waals surface area contributed by atoms with Crippen LogP contribution in [0.3, 0.4) is 0 Å². The molecule has 0 saturated heterocycles. The lowest BCUT2D eigenvalue weighted by Crippen LogP contribution is -2.12. The van der Waals surface area contributed by atoms with Crippen LogP contribution in [0.5, 0.6) is 0 Å². The molecular formula is C20H16FO2S+. The molecule has 1 unspecified atom stereocenters. The fourth-order valence-corrected chi connectivity index (χ4v) is 4.64. The predicted octanol–water partition coefficient (Wildman–Crippen LogP) is 4.71. The highest BCUT2D eigenvalue weighted by Crippen LogP contribution is 2.33. The summed E-state index contributed by atoms with van der Waals surface area (Å²) >= 11 is 0. The zero-order valence-corrected chi connectivity index (χ0v) is 13.9. The first-order chi connectivity index (χ1) is 11.7. The van der Waals surface area contributed by atoms with Gasteiger partial charge < -0.3 is 4.74 Å². The lowest BCUT2D eigenvalue weighted by atomic mass is 10.2. The Bertz CT molecular complexity index is 832. The summed E-state index contributed by atoms with van der Waals surface area (Å²) in [5, 5.41) is 0. The standard InChI is InChI=1S/C20H16FO2S/c1-23-20(22)18-9-5-6-10-19(18)24(16-7-3-2-4-8-16)17-13-11-15(21)12-14-17/h2-14H,1H3/q+1. The second-order valence-corrected chi connectivity index (χ2v) is 7.06. The molecule has 0 heterocycles. The van der Waals surface area contributed by atoms with Crippen LogP contribution in [0.2, 0.25) is 0 Å². The number of methoxy groups -OCH3 is 1. The number of carbonyl (C=O) groups is 1. The van der Waals surface area contributed by atoms with Gasteiger partial charge in [-0.1, -0.05) is 30.3 Å². The summed E-state index contributed by atoms with van der Waals surface area (Å²) in [5.41, 5.74) is 0.525. The number of carbonyl (C=O) groups excluding carboxylic acids is 1. The number of hydrogen-bond acceptors (Lipinski definition) is 2. The van der Waals surface area contributed by atoms with Crippen LogP contribution in [-0.4, -0.2) is 13.1 Å². The van der Waals surface area contributed by atoms with Crippen LogP contribution in [0.25, 0.3) is 0 Å². The van der Waals surface area contributed by atoms with E-state index in [1.165, 1.54) is 19.2 Å². The fourth-order valence-electron chi connectivity index (χ4n) is 2.44. The second-order valence-electron chi connectivity index (χ2n) is 5.06. The molecule has 0 aliphatic rings. The second kappa shape index (κ2) is 7.32. The molecule has 120 valence electrons. The summed E-state index contributed by atoms with van der Waals surface area (Å²) in [6.07, 6.45) is 0. The SMILES string of the molecule is COC(=O)c1ccccc1[S+](c1ccccc1)c1ccc(F)cc1. The van der Waals surface area contributed by atoms with Crippen molar-refractivity contribution in [3.63, 3.8) is 0 Å². The largest absolute Gasteiger partial charge is 0.465 e. The van der Waals surface area contributed by atoms with Crippen LogP contribution in [-0.2, 0) is 15.6 Å². The fraction of sp³-hybridized carbons (Fsp3) is 0.0500. The van der Waals surface area contributed by atoms with Gasteiger partial charge in [-0.3, -0.25) is 0 Å². The van der Waals surface area contributed by atoms with E-state index in [-0.39, 0.29) is 11.8 Å². The maximum atomic E-state index is 13.3.